The van der Waals surface area contributed by atoms with Gasteiger partial charge in [-0.25, -0.2) is 0 Å². The van der Waals surface area contributed by atoms with E-state index in [9.17, 15) is 10.1 Å². The maximum Gasteiger partial charge on any atom is 0.272 e. The number of hydrogen-bond acceptors (Lipinski definition) is 3. The lowest BCUT2D eigenvalue weighted by molar-refractivity contribution is -0.385. The maximum atomic E-state index is 10.9. The number of aryl methyl sites for hydroxylation is 2. The molecule has 0 aliphatic heterocycles. The molecule has 1 aromatic carbocycles. The number of benzene rings is 1. The first-order valence-corrected chi connectivity index (χ1v) is 7.01. The van der Waals surface area contributed by atoms with E-state index in [1.807, 2.05) is 13.0 Å². The second kappa shape index (κ2) is 7.12. The van der Waals surface area contributed by atoms with Gasteiger partial charge in [0.1, 0.15) is 0 Å². The highest BCUT2D eigenvalue weighted by Crippen LogP contribution is 2.27. The van der Waals surface area contributed by atoms with E-state index in [4.69, 9.17) is 0 Å². The molecule has 19 heavy (non-hydrogen) atoms. The monoisotopic (exact) mass is 264 g/mol. The predicted octanol–water partition coefficient (Wildman–Crippen LogP) is 4.59. The molecular weight excluding hydrogens is 240 g/mol. The topological polar surface area (TPSA) is 55.2 Å². The van der Waals surface area contributed by atoms with Crippen LogP contribution in [0, 0.1) is 24.0 Å². The Morgan fingerprint density at radius 3 is 2.47 bits per heavy atom. The number of anilines is 1. The molecule has 1 rings (SSSR count). The van der Waals surface area contributed by atoms with Crippen LogP contribution in [0.1, 0.15) is 50.7 Å². The lowest BCUT2D eigenvalue weighted by Crippen LogP contribution is -2.19. The molecule has 1 aromatic rings. The molecule has 1 unspecified atom stereocenters. The average molecular weight is 264 g/mol. The number of nitro groups is 1. The summed E-state index contributed by atoms with van der Waals surface area (Å²) in [4.78, 5) is 10.6. The van der Waals surface area contributed by atoms with Gasteiger partial charge >= 0.3 is 0 Å². The minimum atomic E-state index is -0.319. The van der Waals surface area contributed by atoms with Gasteiger partial charge in [0.25, 0.3) is 5.69 Å². The van der Waals surface area contributed by atoms with E-state index in [-0.39, 0.29) is 10.6 Å². The van der Waals surface area contributed by atoms with Crippen LogP contribution in [0.25, 0.3) is 0 Å². The molecule has 0 heterocycles. The largest absolute Gasteiger partial charge is 0.382 e. The predicted molar refractivity (Wildman–Crippen MR) is 79.8 cm³/mol. The van der Waals surface area contributed by atoms with Crippen molar-refractivity contribution < 1.29 is 4.92 Å². The minimum absolute atomic E-state index is 0.199. The Morgan fingerprint density at radius 2 is 1.95 bits per heavy atom. The molecule has 0 saturated carbocycles. The van der Waals surface area contributed by atoms with Crippen LogP contribution < -0.4 is 5.32 Å². The second-order valence-corrected chi connectivity index (χ2v) is 5.10. The van der Waals surface area contributed by atoms with Crippen LogP contribution in [-0.4, -0.2) is 11.0 Å². The Balaban J connectivity index is 2.89. The molecule has 0 radical (unpaired) electrons. The third-order valence-corrected chi connectivity index (χ3v) is 3.50. The molecule has 0 spiro atoms. The van der Waals surface area contributed by atoms with Gasteiger partial charge in [0.2, 0.25) is 0 Å². The van der Waals surface area contributed by atoms with Crippen molar-refractivity contribution >= 4 is 11.4 Å². The zero-order valence-corrected chi connectivity index (χ0v) is 12.3. The molecule has 1 atom stereocenters. The van der Waals surface area contributed by atoms with E-state index < -0.39 is 0 Å². The Bertz CT molecular complexity index is 444. The molecule has 4 nitrogen and oxygen atoms in total. The van der Waals surface area contributed by atoms with Gasteiger partial charge in [-0.3, -0.25) is 10.1 Å². The molecule has 0 aromatic heterocycles. The van der Waals surface area contributed by atoms with Crippen LogP contribution in [0.4, 0.5) is 11.4 Å². The van der Waals surface area contributed by atoms with Gasteiger partial charge in [-0.1, -0.05) is 26.7 Å². The highest BCUT2D eigenvalue weighted by molar-refractivity contribution is 5.59. The van der Waals surface area contributed by atoms with Crippen molar-refractivity contribution in [3.63, 3.8) is 0 Å². The van der Waals surface area contributed by atoms with Gasteiger partial charge in [0, 0.05) is 23.4 Å². The normalized spacial score (nSPS) is 12.2. The maximum absolute atomic E-state index is 10.9. The lowest BCUT2D eigenvalue weighted by atomic mass is 10.0. The number of unbranched alkanes of at least 4 members (excludes halogenated alkanes) is 1. The van der Waals surface area contributed by atoms with Crippen LogP contribution in [0.2, 0.25) is 0 Å². The van der Waals surface area contributed by atoms with Crippen molar-refractivity contribution in [3.05, 3.63) is 33.4 Å². The summed E-state index contributed by atoms with van der Waals surface area (Å²) in [6, 6.07) is 3.99. The van der Waals surface area contributed by atoms with Crippen molar-refractivity contribution in [2.75, 3.05) is 5.32 Å². The quantitative estimate of drug-likeness (QED) is 0.578. The number of nitrogens with zero attached hydrogens (tertiary/aromatic N) is 1. The van der Waals surface area contributed by atoms with E-state index in [1.54, 1.807) is 13.0 Å². The second-order valence-electron chi connectivity index (χ2n) is 5.10. The number of nitro benzene ring substituents is 1. The Labute approximate surface area is 115 Å². The first-order valence-electron chi connectivity index (χ1n) is 7.01. The Morgan fingerprint density at radius 1 is 1.26 bits per heavy atom. The number of nitrogens with one attached hydrogen (secondary N) is 1. The van der Waals surface area contributed by atoms with Crippen molar-refractivity contribution in [1.29, 1.82) is 0 Å². The van der Waals surface area contributed by atoms with Crippen LogP contribution in [0.15, 0.2) is 12.1 Å². The fourth-order valence-corrected chi connectivity index (χ4v) is 2.20. The van der Waals surface area contributed by atoms with E-state index in [2.05, 4.69) is 19.2 Å². The standard InChI is InChI=1S/C15H24N2O2/c1-5-7-8-13(6-2)16-14-9-12(4)15(17(18)19)10-11(14)3/h9-10,13,16H,5-8H2,1-4H3. The molecule has 4 heteroatoms. The molecule has 0 aliphatic rings. The van der Waals surface area contributed by atoms with Crippen LogP contribution in [0.3, 0.4) is 0 Å². The zero-order chi connectivity index (χ0) is 14.4. The molecule has 0 saturated heterocycles. The molecule has 1 N–H and O–H groups in total. The Kier molecular flexibility index (Phi) is 5.80. The third kappa shape index (κ3) is 4.23. The van der Waals surface area contributed by atoms with E-state index in [0.29, 0.717) is 11.6 Å². The molecule has 0 bridgehead atoms. The summed E-state index contributed by atoms with van der Waals surface area (Å²) in [7, 11) is 0. The summed E-state index contributed by atoms with van der Waals surface area (Å²) in [6.07, 6.45) is 4.60. The smallest absolute Gasteiger partial charge is 0.272 e. The molecular formula is C15H24N2O2. The highest BCUT2D eigenvalue weighted by Gasteiger charge is 2.14. The van der Waals surface area contributed by atoms with Gasteiger partial charge in [0.15, 0.2) is 0 Å². The molecule has 0 aliphatic carbocycles. The number of rotatable bonds is 7. The van der Waals surface area contributed by atoms with Gasteiger partial charge in [-0.15, -0.1) is 0 Å². The van der Waals surface area contributed by atoms with Gasteiger partial charge in [-0.2, -0.15) is 0 Å². The van der Waals surface area contributed by atoms with Crippen molar-refractivity contribution in [2.24, 2.45) is 0 Å². The summed E-state index contributed by atoms with van der Waals surface area (Å²) in [5.74, 6) is 0. The average Bonchev–Trinajstić information content (AvgIpc) is 2.37. The van der Waals surface area contributed by atoms with Gasteiger partial charge in [0.05, 0.1) is 4.92 Å². The first-order chi connectivity index (χ1) is 8.99. The summed E-state index contributed by atoms with van der Waals surface area (Å²) < 4.78 is 0. The SMILES string of the molecule is CCCCC(CC)Nc1cc(C)c([N+](=O)[O-])cc1C. The van der Waals surface area contributed by atoms with E-state index >= 15 is 0 Å². The van der Waals surface area contributed by atoms with Crippen molar-refractivity contribution in [2.45, 2.75) is 59.4 Å². The summed E-state index contributed by atoms with van der Waals surface area (Å²) in [6.45, 7) is 8.06. The Hall–Kier alpha value is -1.58. The van der Waals surface area contributed by atoms with Crippen molar-refractivity contribution in [1.82, 2.24) is 0 Å². The first kappa shape index (κ1) is 15.5. The zero-order valence-electron chi connectivity index (χ0n) is 12.3. The highest BCUT2D eigenvalue weighted by atomic mass is 16.6. The van der Waals surface area contributed by atoms with Gasteiger partial charge < -0.3 is 5.32 Å². The molecule has 0 amide bonds. The van der Waals surface area contributed by atoms with Crippen molar-refractivity contribution in [3.8, 4) is 0 Å². The molecule has 0 fully saturated rings. The van der Waals surface area contributed by atoms with Crippen LogP contribution in [-0.2, 0) is 0 Å². The fraction of sp³-hybridized carbons (Fsp3) is 0.600. The van der Waals surface area contributed by atoms with Gasteiger partial charge in [-0.05, 0) is 38.3 Å². The van der Waals surface area contributed by atoms with Crippen LogP contribution >= 0.6 is 0 Å². The summed E-state index contributed by atoms with van der Waals surface area (Å²) in [5.41, 5.74) is 2.87. The summed E-state index contributed by atoms with van der Waals surface area (Å²) >= 11 is 0. The van der Waals surface area contributed by atoms with E-state index in [0.717, 1.165) is 24.1 Å². The van der Waals surface area contributed by atoms with Crippen LogP contribution in [0.5, 0.6) is 0 Å². The molecule has 106 valence electrons. The summed E-state index contributed by atoms with van der Waals surface area (Å²) in [5, 5.41) is 14.4. The third-order valence-electron chi connectivity index (χ3n) is 3.50. The lowest BCUT2D eigenvalue weighted by Gasteiger charge is -2.20. The van der Waals surface area contributed by atoms with E-state index in [1.165, 1.54) is 12.8 Å². The fourth-order valence-electron chi connectivity index (χ4n) is 2.20. The number of hydrogen-bond donors (Lipinski definition) is 1. The minimum Gasteiger partial charge on any atom is -0.382 e.